The average molecular weight is 600 g/mol. The van der Waals surface area contributed by atoms with Crippen molar-refractivity contribution in [3.05, 3.63) is 124 Å². The first-order chi connectivity index (χ1) is 21.3. The molecule has 0 bridgehead atoms. The van der Waals surface area contributed by atoms with Crippen LogP contribution < -0.4 is 11.1 Å². The summed E-state index contributed by atoms with van der Waals surface area (Å²) in [4.78, 5) is 57.7. The summed E-state index contributed by atoms with van der Waals surface area (Å²) in [5, 5.41) is 14.5. The highest BCUT2D eigenvalue weighted by molar-refractivity contribution is 5.91. The fourth-order valence-electron chi connectivity index (χ4n) is 4.41. The largest absolute Gasteiger partial charge is 0.459 e. The van der Waals surface area contributed by atoms with Crippen LogP contribution in [0.15, 0.2) is 97.3 Å². The van der Waals surface area contributed by atoms with E-state index in [1.807, 2.05) is 0 Å². The van der Waals surface area contributed by atoms with Gasteiger partial charge < -0.3 is 30.0 Å². The van der Waals surface area contributed by atoms with Gasteiger partial charge in [-0.3, -0.25) is 10.1 Å². The van der Waals surface area contributed by atoms with Crippen molar-refractivity contribution < 1.29 is 38.3 Å². The van der Waals surface area contributed by atoms with Crippen LogP contribution in [0, 0.1) is 10.1 Å². The number of esters is 3. The summed E-state index contributed by atoms with van der Waals surface area (Å²) in [6.45, 7) is -0.438. The fourth-order valence-corrected chi connectivity index (χ4v) is 4.41. The number of nitro groups is 1. The van der Waals surface area contributed by atoms with Gasteiger partial charge in [0.25, 0.3) is 0 Å². The van der Waals surface area contributed by atoms with Crippen LogP contribution in [0.3, 0.4) is 0 Å². The van der Waals surface area contributed by atoms with E-state index in [-0.39, 0.29) is 22.5 Å². The third-order valence-corrected chi connectivity index (χ3v) is 6.52. The maximum atomic E-state index is 13.2. The number of nitrogen functional groups attached to an aromatic ring is 1. The van der Waals surface area contributed by atoms with Crippen molar-refractivity contribution in [2.45, 2.75) is 24.5 Å². The Morgan fingerprint density at radius 2 is 1.30 bits per heavy atom. The third-order valence-electron chi connectivity index (χ3n) is 6.52. The number of hydrogen-bond donors (Lipinski definition) is 2. The van der Waals surface area contributed by atoms with Crippen molar-refractivity contribution in [1.82, 2.24) is 9.97 Å². The van der Waals surface area contributed by atoms with Crippen LogP contribution in [0.25, 0.3) is 0 Å². The van der Waals surface area contributed by atoms with Gasteiger partial charge in [0, 0.05) is 0 Å². The lowest BCUT2D eigenvalue weighted by Crippen LogP contribution is -2.43. The number of ether oxygens (including phenoxy) is 4. The number of nitrogens with two attached hydrogens (primary N) is 1. The Bertz CT molecular complexity index is 1640. The van der Waals surface area contributed by atoms with Gasteiger partial charge in [-0.1, -0.05) is 54.6 Å². The van der Waals surface area contributed by atoms with E-state index in [1.54, 1.807) is 66.7 Å². The van der Waals surface area contributed by atoms with Crippen molar-refractivity contribution in [2.75, 3.05) is 17.7 Å². The van der Waals surface area contributed by atoms with Gasteiger partial charge >= 0.3 is 23.6 Å². The molecule has 4 aromatic rings. The van der Waals surface area contributed by atoms with Crippen LogP contribution >= 0.6 is 0 Å². The summed E-state index contributed by atoms with van der Waals surface area (Å²) in [5.74, 6) is -3.04. The summed E-state index contributed by atoms with van der Waals surface area (Å²) >= 11 is 0. The second-order valence-electron chi connectivity index (χ2n) is 9.39. The van der Waals surface area contributed by atoms with Gasteiger partial charge in [0.15, 0.2) is 18.4 Å². The second-order valence-corrected chi connectivity index (χ2v) is 9.39. The number of carbonyl (C=O) groups is 3. The Balaban J connectivity index is 1.49. The molecule has 44 heavy (non-hydrogen) atoms. The smallest absolute Gasteiger partial charge is 0.353 e. The number of rotatable bonds is 10. The zero-order valence-corrected chi connectivity index (χ0v) is 22.8. The summed E-state index contributed by atoms with van der Waals surface area (Å²) in [7, 11) is 0. The molecule has 1 saturated heterocycles. The van der Waals surface area contributed by atoms with Gasteiger partial charge in [0.1, 0.15) is 19.0 Å². The molecule has 14 nitrogen and oxygen atoms in total. The summed E-state index contributed by atoms with van der Waals surface area (Å²) < 4.78 is 23.1. The summed E-state index contributed by atoms with van der Waals surface area (Å²) in [5.41, 5.74) is 5.70. The molecule has 0 spiro atoms. The standard InChI is InChI=1S/C30H25N5O9/c31-25-22(35(39)40)26(33-17-32-25)34-27-24(44-30(38)20-14-8-3-9-15-20)23(43-29(37)19-12-6-2-7-13-19)21(42-27)16-41-28(36)18-10-4-1-5-11-18/h1-15,17,21,23-24,27H,16H2,(H3,31,32,33,34)/t21-,23+,24+,27-/m1/s1. The van der Waals surface area contributed by atoms with Gasteiger partial charge in [-0.2, -0.15) is 0 Å². The van der Waals surface area contributed by atoms with Gasteiger partial charge in [-0.25, -0.2) is 24.4 Å². The molecule has 0 radical (unpaired) electrons. The fraction of sp³-hybridized carbons (Fsp3) is 0.167. The van der Waals surface area contributed by atoms with Gasteiger partial charge in [0.05, 0.1) is 21.6 Å². The number of nitrogens with one attached hydrogen (secondary N) is 1. The molecule has 0 unspecified atom stereocenters. The van der Waals surface area contributed by atoms with Crippen LogP contribution in [0.2, 0.25) is 0 Å². The Kier molecular flexibility index (Phi) is 9.01. The number of anilines is 2. The molecular weight excluding hydrogens is 574 g/mol. The lowest BCUT2D eigenvalue weighted by molar-refractivity contribution is -0.383. The maximum Gasteiger partial charge on any atom is 0.353 e. The first-order valence-corrected chi connectivity index (χ1v) is 13.2. The first-order valence-electron chi connectivity index (χ1n) is 13.2. The minimum absolute atomic E-state index is 0.176. The average Bonchev–Trinajstić information content (AvgIpc) is 3.35. The van der Waals surface area contributed by atoms with Crippen molar-refractivity contribution >= 4 is 35.2 Å². The minimum atomic E-state index is -1.41. The van der Waals surface area contributed by atoms with Crippen LogP contribution in [-0.4, -0.2) is 63.9 Å². The molecule has 0 amide bonds. The third kappa shape index (κ3) is 6.77. The lowest BCUT2D eigenvalue weighted by Gasteiger charge is -2.25. The number of benzene rings is 3. The molecule has 1 fully saturated rings. The zero-order chi connectivity index (χ0) is 31.1. The Labute approximate surface area is 249 Å². The van der Waals surface area contributed by atoms with E-state index in [1.165, 1.54) is 24.3 Å². The van der Waals surface area contributed by atoms with Crippen molar-refractivity contribution in [3.63, 3.8) is 0 Å². The predicted molar refractivity (Wildman–Crippen MR) is 153 cm³/mol. The zero-order valence-electron chi connectivity index (χ0n) is 22.8. The second kappa shape index (κ2) is 13.4. The van der Waals surface area contributed by atoms with Crippen LogP contribution in [0.5, 0.6) is 0 Å². The van der Waals surface area contributed by atoms with Gasteiger partial charge in [-0.05, 0) is 36.4 Å². The van der Waals surface area contributed by atoms with Crippen molar-refractivity contribution in [2.24, 2.45) is 0 Å². The molecule has 5 rings (SSSR count). The van der Waals surface area contributed by atoms with Gasteiger partial charge in [-0.15, -0.1) is 0 Å². The van der Waals surface area contributed by atoms with E-state index >= 15 is 0 Å². The monoisotopic (exact) mass is 599 g/mol. The molecule has 3 aromatic carbocycles. The number of carbonyl (C=O) groups excluding carboxylic acids is 3. The highest BCUT2D eigenvalue weighted by atomic mass is 16.7. The van der Waals surface area contributed by atoms with Crippen molar-refractivity contribution in [1.29, 1.82) is 0 Å². The predicted octanol–water partition coefficient (Wildman–Crippen LogP) is 3.41. The molecular formula is C30H25N5O9. The topological polar surface area (TPSA) is 195 Å². The molecule has 1 aromatic heterocycles. The van der Waals surface area contributed by atoms with Crippen LogP contribution in [-0.2, 0) is 18.9 Å². The molecule has 4 atom stereocenters. The minimum Gasteiger partial charge on any atom is -0.459 e. The van der Waals surface area contributed by atoms with E-state index in [0.717, 1.165) is 6.33 Å². The molecule has 0 aliphatic carbocycles. The number of aromatic nitrogens is 2. The molecule has 224 valence electrons. The van der Waals surface area contributed by atoms with E-state index < -0.39 is 65.5 Å². The Morgan fingerprint density at radius 1 is 0.795 bits per heavy atom. The quantitative estimate of drug-likeness (QED) is 0.117. The lowest BCUT2D eigenvalue weighted by atomic mass is 10.1. The number of hydrogen-bond acceptors (Lipinski definition) is 13. The van der Waals surface area contributed by atoms with Crippen LogP contribution in [0.4, 0.5) is 17.3 Å². The van der Waals surface area contributed by atoms with Crippen LogP contribution in [0.1, 0.15) is 31.1 Å². The van der Waals surface area contributed by atoms with E-state index in [4.69, 9.17) is 24.7 Å². The van der Waals surface area contributed by atoms with Crippen molar-refractivity contribution in [3.8, 4) is 0 Å². The Morgan fingerprint density at radius 3 is 1.82 bits per heavy atom. The van der Waals surface area contributed by atoms with E-state index in [9.17, 15) is 24.5 Å². The summed E-state index contributed by atoms with van der Waals surface area (Å²) in [6.07, 6.45) is -4.35. The molecule has 3 N–H and O–H groups in total. The van der Waals surface area contributed by atoms with E-state index in [2.05, 4.69) is 15.3 Å². The molecule has 1 aliphatic rings. The molecule has 1 aliphatic heterocycles. The normalized spacial score (nSPS) is 19.0. The molecule has 2 heterocycles. The Hall–Kier alpha value is -5.89. The number of nitrogens with zero attached hydrogens (tertiary/aromatic N) is 3. The van der Waals surface area contributed by atoms with Gasteiger partial charge in [0.2, 0.25) is 11.6 Å². The highest BCUT2D eigenvalue weighted by Gasteiger charge is 2.51. The molecule has 0 saturated carbocycles. The first kappa shape index (κ1) is 29.6. The van der Waals surface area contributed by atoms with E-state index in [0.29, 0.717) is 0 Å². The molecule has 14 heteroatoms. The SMILES string of the molecule is Nc1ncnc(N[C@@H]2O[C@H](COC(=O)c3ccccc3)[C@H](OC(=O)c3ccccc3)[C@@H]2OC(=O)c2ccccc2)c1[N+](=O)[O-]. The highest BCUT2D eigenvalue weighted by Crippen LogP contribution is 2.33. The maximum absolute atomic E-state index is 13.2. The summed E-state index contributed by atoms with van der Waals surface area (Å²) in [6, 6.07) is 24.2.